The van der Waals surface area contributed by atoms with Crippen molar-refractivity contribution in [2.75, 3.05) is 7.11 Å². The summed E-state index contributed by atoms with van der Waals surface area (Å²) < 4.78 is 5.11. The normalized spacial score (nSPS) is 23.7. The molecular weight excluding hydrogens is 226 g/mol. The maximum atomic E-state index is 12.4. The Balaban J connectivity index is 2.03. The summed E-state index contributed by atoms with van der Waals surface area (Å²) in [5, 5.41) is 0. The predicted molar refractivity (Wildman–Crippen MR) is 70.9 cm³/mol. The molecule has 0 aromatic carbocycles. The van der Waals surface area contributed by atoms with Crippen molar-refractivity contribution in [3.05, 3.63) is 24.0 Å². The standard InChI is InChI=1S/C15H21NO2/c1-3-11-4-6-12(7-5-11)15(17)13-8-14(18-2)10-16-9-13/h8-12H,3-7H2,1-2H3. The van der Waals surface area contributed by atoms with Gasteiger partial charge in [-0.2, -0.15) is 0 Å². The number of ether oxygens (including phenoxy) is 1. The fourth-order valence-corrected chi connectivity index (χ4v) is 2.73. The van der Waals surface area contributed by atoms with E-state index in [4.69, 9.17) is 4.74 Å². The molecule has 0 aliphatic heterocycles. The molecule has 0 radical (unpaired) electrons. The molecule has 0 N–H and O–H groups in total. The summed E-state index contributed by atoms with van der Waals surface area (Å²) >= 11 is 0. The monoisotopic (exact) mass is 247 g/mol. The highest BCUT2D eigenvalue weighted by Crippen LogP contribution is 2.32. The second-order valence-corrected chi connectivity index (χ2v) is 5.10. The van der Waals surface area contributed by atoms with Gasteiger partial charge in [0.1, 0.15) is 5.75 Å². The molecule has 0 bridgehead atoms. The summed E-state index contributed by atoms with van der Waals surface area (Å²) in [5.41, 5.74) is 0.689. The van der Waals surface area contributed by atoms with Crippen molar-refractivity contribution < 1.29 is 9.53 Å². The van der Waals surface area contributed by atoms with Gasteiger partial charge in [0.25, 0.3) is 0 Å². The Hall–Kier alpha value is -1.38. The first-order valence-corrected chi connectivity index (χ1v) is 6.77. The molecule has 18 heavy (non-hydrogen) atoms. The van der Waals surface area contributed by atoms with Crippen LogP contribution in [0, 0.1) is 11.8 Å². The van der Waals surface area contributed by atoms with E-state index in [2.05, 4.69) is 11.9 Å². The van der Waals surface area contributed by atoms with Gasteiger partial charge in [0.2, 0.25) is 0 Å². The van der Waals surface area contributed by atoms with Crippen molar-refractivity contribution in [1.29, 1.82) is 0 Å². The largest absolute Gasteiger partial charge is 0.495 e. The van der Waals surface area contributed by atoms with Crippen LogP contribution in [0.2, 0.25) is 0 Å². The average Bonchev–Trinajstić information content (AvgIpc) is 2.46. The van der Waals surface area contributed by atoms with Crippen LogP contribution in [-0.4, -0.2) is 17.9 Å². The van der Waals surface area contributed by atoms with Gasteiger partial charge in [-0.3, -0.25) is 9.78 Å². The molecule has 0 amide bonds. The van der Waals surface area contributed by atoms with Crippen molar-refractivity contribution in [2.45, 2.75) is 39.0 Å². The number of ketones is 1. The van der Waals surface area contributed by atoms with E-state index in [0.29, 0.717) is 11.3 Å². The molecule has 0 saturated heterocycles. The Kier molecular flexibility index (Phi) is 4.34. The summed E-state index contributed by atoms with van der Waals surface area (Å²) in [7, 11) is 1.59. The van der Waals surface area contributed by atoms with Crippen LogP contribution < -0.4 is 4.74 Å². The molecule has 98 valence electrons. The fourth-order valence-electron chi connectivity index (χ4n) is 2.73. The Bertz CT molecular complexity index is 409. The lowest BCUT2D eigenvalue weighted by molar-refractivity contribution is 0.0870. The lowest BCUT2D eigenvalue weighted by Gasteiger charge is -2.26. The molecule has 1 heterocycles. The molecule has 0 spiro atoms. The number of aromatic nitrogens is 1. The molecule has 1 aromatic rings. The first-order valence-electron chi connectivity index (χ1n) is 6.77. The molecule has 1 aliphatic rings. The molecule has 1 aliphatic carbocycles. The molecule has 0 atom stereocenters. The Morgan fingerprint density at radius 1 is 1.33 bits per heavy atom. The van der Waals surface area contributed by atoms with Gasteiger partial charge in [0.05, 0.1) is 13.3 Å². The lowest BCUT2D eigenvalue weighted by atomic mass is 9.78. The van der Waals surface area contributed by atoms with Crippen molar-refractivity contribution in [1.82, 2.24) is 4.98 Å². The topological polar surface area (TPSA) is 39.2 Å². The van der Waals surface area contributed by atoms with Gasteiger partial charge in [0, 0.05) is 17.7 Å². The van der Waals surface area contributed by atoms with Crippen LogP contribution >= 0.6 is 0 Å². The van der Waals surface area contributed by atoms with Crippen molar-refractivity contribution >= 4 is 5.78 Å². The fraction of sp³-hybridized carbons (Fsp3) is 0.600. The van der Waals surface area contributed by atoms with Crippen LogP contribution in [0.1, 0.15) is 49.4 Å². The summed E-state index contributed by atoms with van der Waals surface area (Å²) in [6.07, 6.45) is 8.93. The van der Waals surface area contributed by atoms with E-state index >= 15 is 0 Å². The number of methoxy groups -OCH3 is 1. The van der Waals surface area contributed by atoms with E-state index < -0.39 is 0 Å². The third-order valence-electron chi connectivity index (χ3n) is 4.03. The van der Waals surface area contributed by atoms with Gasteiger partial charge in [-0.25, -0.2) is 0 Å². The second-order valence-electron chi connectivity index (χ2n) is 5.10. The summed E-state index contributed by atoms with van der Waals surface area (Å²) in [6.45, 7) is 2.23. The predicted octanol–water partition coefficient (Wildman–Crippen LogP) is 3.49. The van der Waals surface area contributed by atoms with Crippen LogP contribution in [0.25, 0.3) is 0 Å². The van der Waals surface area contributed by atoms with Crippen molar-refractivity contribution in [3.63, 3.8) is 0 Å². The molecular formula is C15H21NO2. The van der Waals surface area contributed by atoms with E-state index in [9.17, 15) is 4.79 Å². The quantitative estimate of drug-likeness (QED) is 0.764. The third-order valence-corrected chi connectivity index (χ3v) is 4.03. The summed E-state index contributed by atoms with van der Waals surface area (Å²) in [6, 6.07) is 1.79. The second kappa shape index (κ2) is 5.98. The van der Waals surface area contributed by atoms with Crippen LogP contribution in [0.4, 0.5) is 0 Å². The molecule has 3 nitrogen and oxygen atoms in total. The first-order chi connectivity index (χ1) is 8.74. The zero-order valence-electron chi connectivity index (χ0n) is 11.2. The SMILES string of the molecule is CCC1CCC(C(=O)c2cncc(OC)c2)CC1. The van der Waals surface area contributed by atoms with E-state index in [1.165, 1.54) is 19.3 Å². The number of hydrogen-bond acceptors (Lipinski definition) is 3. The maximum Gasteiger partial charge on any atom is 0.167 e. The van der Waals surface area contributed by atoms with Crippen LogP contribution in [0.3, 0.4) is 0 Å². The summed E-state index contributed by atoms with van der Waals surface area (Å²) in [4.78, 5) is 16.4. The van der Waals surface area contributed by atoms with Crippen LogP contribution in [-0.2, 0) is 0 Å². The van der Waals surface area contributed by atoms with Crippen molar-refractivity contribution in [2.24, 2.45) is 11.8 Å². The number of hydrogen-bond donors (Lipinski definition) is 0. The minimum Gasteiger partial charge on any atom is -0.495 e. The third kappa shape index (κ3) is 2.89. The Morgan fingerprint density at radius 2 is 2.06 bits per heavy atom. The highest BCUT2D eigenvalue weighted by atomic mass is 16.5. The number of nitrogens with zero attached hydrogens (tertiary/aromatic N) is 1. The molecule has 2 rings (SSSR count). The molecule has 0 unspecified atom stereocenters. The van der Waals surface area contributed by atoms with Gasteiger partial charge >= 0.3 is 0 Å². The minimum atomic E-state index is 0.182. The maximum absolute atomic E-state index is 12.4. The van der Waals surface area contributed by atoms with E-state index in [1.807, 2.05) is 0 Å². The van der Waals surface area contributed by atoms with Gasteiger partial charge in [-0.1, -0.05) is 13.3 Å². The number of pyridine rings is 1. The molecule has 1 fully saturated rings. The highest BCUT2D eigenvalue weighted by Gasteiger charge is 2.26. The average molecular weight is 247 g/mol. The van der Waals surface area contributed by atoms with E-state index in [-0.39, 0.29) is 11.7 Å². The summed E-state index contributed by atoms with van der Waals surface area (Å²) in [5.74, 6) is 1.89. The van der Waals surface area contributed by atoms with Crippen molar-refractivity contribution in [3.8, 4) is 5.75 Å². The molecule has 3 heteroatoms. The van der Waals surface area contributed by atoms with Gasteiger partial charge in [-0.15, -0.1) is 0 Å². The molecule has 1 aromatic heterocycles. The number of carbonyl (C=O) groups excluding carboxylic acids is 1. The van der Waals surface area contributed by atoms with Gasteiger partial charge in [0.15, 0.2) is 5.78 Å². The van der Waals surface area contributed by atoms with E-state index in [1.54, 1.807) is 25.6 Å². The zero-order chi connectivity index (χ0) is 13.0. The lowest BCUT2D eigenvalue weighted by Crippen LogP contribution is -2.21. The number of rotatable bonds is 4. The van der Waals surface area contributed by atoms with Gasteiger partial charge in [-0.05, 0) is 37.7 Å². The zero-order valence-corrected chi connectivity index (χ0v) is 11.2. The molecule has 1 saturated carbocycles. The first kappa shape index (κ1) is 13.1. The smallest absolute Gasteiger partial charge is 0.167 e. The highest BCUT2D eigenvalue weighted by molar-refractivity contribution is 5.97. The Labute approximate surface area is 109 Å². The van der Waals surface area contributed by atoms with Crippen LogP contribution in [0.15, 0.2) is 18.5 Å². The minimum absolute atomic E-state index is 0.182. The van der Waals surface area contributed by atoms with E-state index in [0.717, 1.165) is 18.8 Å². The van der Waals surface area contributed by atoms with Crippen LogP contribution in [0.5, 0.6) is 5.75 Å². The number of Topliss-reactive ketones (excluding diaryl/α,β-unsaturated/α-hetero) is 1. The van der Waals surface area contributed by atoms with Gasteiger partial charge < -0.3 is 4.74 Å². The number of carbonyl (C=O) groups is 1. The Morgan fingerprint density at radius 3 is 2.67 bits per heavy atom.